The summed E-state index contributed by atoms with van der Waals surface area (Å²) in [4.78, 5) is 30.4. The van der Waals surface area contributed by atoms with E-state index in [1.807, 2.05) is 43.0 Å². The molecule has 0 saturated carbocycles. The van der Waals surface area contributed by atoms with Crippen LogP contribution in [0, 0.1) is 6.92 Å². The van der Waals surface area contributed by atoms with Crippen molar-refractivity contribution in [1.29, 1.82) is 0 Å². The lowest BCUT2D eigenvalue weighted by molar-refractivity contribution is -0.135. The lowest BCUT2D eigenvalue weighted by Crippen LogP contribution is -2.50. The van der Waals surface area contributed by atoms with Crippen molar-refractivity contribution in [1.82, 2.24) is 15.1 Å². The van der Waals surface area contributed by atoms with Crippen molar-refractivity contribution in [3.63, 3.8) is 0 Å². The number of amides is 3. The number of thiophene rings is 1. The molecule has 168 valence electrons. The molecule has 1 atom stereocenters. The highest BCUT2D eigenvalue weighted by atomic mass is 32.1. The second kappa shape index (κ2) is 11.2. The molecule has 0 radical (unpaired) electrons. The van der Waals surface area contributed by atoms with Gasteiger partial charge in [0, 0.05) is 31.6 Å². The Hall–Kier alpha value is -2.58. The Morgan fingerprint density at radius 3 is 2.74 bits per heavy atom. The average molecular weight is 446 g/mol. The van der Waals surface area contributed by atoms with Crippen molar-refractivity contribution in [2.24, 2.45) is 0 Å². The predicted molar refractivity (Wildman–Crippen MR) is 122 cm³/mol. The Kier molecular flexibility index (Phi) is 8.31. The number of fused-ring (bicyclic) bond motifs is 1. The number of hydrogen-bond acceptors (Lipinski definition) is 5. The van der Waals surface area contributed by atoms with Crippen LogP contribution in [0.3, 0.4) is 0 Å². The van der Waals surface area contributed by atoms with Crippen LogP contribution in [0.15, 0.2) is 35.7 Å². The maximum absolute atomic E-state index is 13.3. The lowest BCUT2D eigenvalue weighted by atomic mass is 10.0. The minimum Gasteiger partial charge on any atom is -0.491 e. The fourth-order valence-corrected chi connectivity index (χ4v) is 4.58. The summed E-state index contributed by atoms with van der Waals surface area (Å²) in [5.41, 5.74) is 2.31. The minimum absolute atomic E-state index is 0.00962. The van der Waals surface area contributed by atoms with E-state index in [0.29, 0.717) is 32.8 Å². The van der Waals surface area contributed by atoms with Gasteiger partial charge in [0.25, 0.3) is 0 Å². The summed E-state index contributed by atoms with van der Waals surface area (Å²) in [5.74, 6) is 0.695. The molecule has 31 heavy (non-hydrogen) atoms. The van der Waals surface area contributed by atoms with Gasteiger partial charge < -0.3 is 24.6 Å². The SMILES string of the molecule is CCNC(=O)N(CCOC)CC(=O)N1CCc2sccc2C1COc1ccc(C)cc1. The number of rotatable bonds is 9. The van der Waals surface area contributed by atoms with Gasteiger partial charge in [-0.15, -0.1) is 11.3 Å². The average Bonchev–Trinajstić information content (AvgIpc) is 3.25. The third-order valence-corrected chi connectivity index (χ3v) is 6.35. The van der Waals surface area contributed by atoms with Gasteiger partial charge >= 0.3 is 6.03 Å². The molecule has 8 heteroatoms. The van der Waals surface area contributed by atoms with E-state index in [9.17, 15) is 9.59 Å². The molecule has 1 unspecified atom stereocenters. The molecule has 1 aromatic heterocycles. The number of urea groups is 1. The number of ether oxygens (including phenoxy) is 2. The summed E-state index contributed by atoms with van der Waals surface area (Å²) in [6.07, 6.45) is 0.818. The van der Waals surface area contributed by atoms with Crippen molar-refractivity contribution in [3.05, 3.63) is 51.7 Å². The number of carbonyl (C=O) groups is 2. The van der Waals surface area contributed by atoms with Crippen molar-refractivity contribution in [2.45, 2.75) is 26.3 Å². The summed E-state index contributed by atoms with van der Waals surface area (Å²) >= 11 is 1.72. The fraction of sp³-hybridized carbons (Fsp3) is 0.478. The van der Waals surface area contributed by atoms with Gasteiger partial charge in [0.15, 0.2) is 0 Å². The second-order valence-electron chi connectivity index (χ2n) is 7.53. The van der Waals surface area contributed by atoms with E-state index in [0.717, 1.165) is 17.7 Å². The Balaban J connectivity index is 1.74. The van der Waals surface area contributed by atoms with Crippen LogP contribution >= 0.6 is 11.3 Å². The predicted octanol–water partition coefficient (Wildman–Crippen LogP) is 3.24. The summed E-state index contributed by atoms with van der Waals surface area (Å²) in [5, 5.41) is 4.84. The zero-order valence-corrected chi connectivity index (χ0v) is 19.2. The molecule has 1 aliphatic heterocycles. The van der Waals surface area contributed by atoms with Crippen LogP contribution < -0.4 is 10.1 Å². The number of nitrogens with zero attached hydrogens (tertiary/aromatic N) is 2. The first-order valence-electron chi connectivity index (χ1n) is 10.6. The van der Waals surface area contributed by atoms with Gasteiger partial charge in [0.2, 0.25) is 5.91 Å². The molecule has 3 amide bonds. The molecular formula is C23H31N3O4S. The largest absolute Gasteiger partial charge is 0.491 e. The monoisotopic (exact) mass is 445 g/mol. The first-order chi connectivity index (χ1) is 15.0. The number of nitrogens with one attached hydrogen (secondary N) is 1. The van der Waals surface area contributed by atoms with Gasteiger partial charge in [-0.2, -0.15) is 0 Å². The lowest BCUT2D eigenvalue weighted by Gasteiger charge is -2.37. The van der Waals surface area contributed by atoms with Gasteiger partial charge in [0.1, 0.15) is 18.9 Å². The van der Waals surface area contributed by atoms with E-state index in [1.54, 1.807) is 18.4 Å². The smallest absolute Gasteiger partial charge is 0.317 e. The van der Waals surface area contributed by atoms with E-state index in [1.165, 1.54) is 15.3 Å². The number of methoxy groups -OCH3 is 1. The molecule has 0 fully saturated rings. The van der Waals surface area contributed by atoms with Gasteiger partial charge in [-0.25, -0.2) is 4.79 Å². The van der Waals surface area contributed by atoms with Gasteiger partial charge in [-0.05, 0) is 49.4 Å². The van der Waals surface area contributed by atoms with E-state index in [-0.39, 0.29) is 24.5 Å². The number of benzene rings is 1. The summed E-state index contributed by atoms with van der Waals surface area (Å²) in [6.45, 7) is 6.12. The first kappa shape index (κ1) is 23.1. The quantitative estimate of drug-likeness (QED) is 0.643. The third-order valence-electron chi connectivity index (χ3n) is 5.35. The molecular weight excluding hydrogens is 414 g/mol. The molecule has 0 aliphatic carbocycles. The first-order valence-corrected chi connectivity index (χ1v) is 11.5. The van der Waals surface area contributed by atoms with Crippen molar-refractivity contribution in [3.8, 4) is 5.75 Å². The van der Waals surface area contributed by atoms with Crippen LogP contribution in [-0.2, 0) is 16.0 Å². The maximum atomic E-state index is 13.3. The Morgan fingerprint density at radius 1 is 1.26 bits per heavy atom. The molecule has 0 spiro atoms. The third kappa shape index (κ3) is 5.98. The van der Waals surface area contributed by atoms with Crippen LogP contribution in [0.1, 0.15) is 29.0 Å². The molecule has 0 saturated heterocycles. The molecule has 3 rings (SSSR count). The highest BCUT2D eigenvalue weighted by Crippen LogP contribution is 2.34. The Labute approximate surface area is 187 Å². The van der Waals surface area contributed by atoms with Crippen molar-refractivity contribution in [2.75, 3.05) is 46.5 Å². The minimum atomic E-state index is -0.256. The Bertz CT molecular complexity index is 868. The van der Waals surface area contributed by atoms with E-state index >= 15 is 0 Å². The van der Waals surface area contributed by atoms with Crippen LogP contribution in [0.5, 0.6) is 5.75 Å². The summed E-state index contributed by atoms with van der Waals surface area (Å²) in [7, 11) is 1.58. The molecule has 0 bridgehead atoms. The second-order valence-corrected chi connectivity index (χ2v) is 8.53. The molecule has 1 aliphatic rings. The highest BCUT2D eigenvalue weighted by Gasteiger charge is 2.33. The summed E-state index contributed by atoms with van der Waals surface area (Å²) in [6, 6.07) is 9.55. The van der Waals surface area contributed by atoms with E-state index < -0.39 is 0 Å². The standard InChI is InChI=1S/C23H31N3O4S/c1-4-24-23(28)25(12-13-29-3)15-22(27)26-11-9-21-19(10-14-31-21)20(26)16-30-18-7-5-17(2)6-8-18/h5-8,10,14,20H,4,9,11-13,15-16H2,1-3H3,(H,24,28). The van der Waals surface area contributed by atoms with E-state index in [4.69, 9.17) is 9.47 Å². The van der Waals surface area contributed by atoms with Crippen LogP contribution in [0.25, 0.3) is 0 Å². The topological polar surface area (TPSA) is 71.1 Å². The van der Waals surface area contributed by atoms with Gasteiger partial charge in [-0.3, -0.25) is 4.79 Å². The van der Waals surface area contributed by atoms with Gasteiger partial charge in [-0.1, -0.05) is 17.7 Å². The van der Waals surface area contributed by atoms with Gasteiger partial charge in [0.05, 0.1) is 12.6 Å². The molecule has 7 nitrogen and oxygen atoms in total. The normalized spacial score (nSPS) is 15.3. The molecule has 2 aromatic rings. The highest BCUT2D eigenvalue weighted by molar-refractivity contribution is 7.10. The number of aryl methyl sites for hydroxylation is 1. The molecule has 2 heterocycles. The van der Waals surface area contributed by atoms with Crippen molar-refractivity contribution >= 4 is 23.3 Å². The summed E-state index contributed by atoms with van der Waals surface area (Å²) < 4.78 is 11.2. The van der Waals surface area contributed by atoms with E-state index in [2.05, 4.69) is 16.8 Å². The fourth-order valence-electron chi connectivity index (χ4n) is 3.66. The molecule has 1 aromatic carbocycles. The number of hydrogen-bond donors (Lipinski definition) is 1. The molecule has 1 N–H and O–H groups in total. The van der Waals surface area contributed by atoms with Crippen LogP contribution in [0.2, 0.25) is 0 Å². The zero-order valence-electron chi connectivity index (χ0n) is 18.4. The number of carbonyl (C=O) groups excluding carboxylic acids is 2. The van der Waals surface area contributed by atoms with Crippen LogP contribution in [-0.4, -0.2) is 68.2 Å². The Morgan fingerprint density at radius 2 is 2.03 bits per heavy atom. The zero-order chi connectivity index (χ0) is 22.2. The van der Waals surface area contributed by atoms with Crippen LogP contribution in [0.4, 0.5) is 4.79 Å². The maximum Gasteiger partial charge on any atom is 0.317 e. The van der Waals surface area contributed by atoms with Crippen molar-refractivity contribution < 1.29 is 19.1 Å².